The summed E-state index contributed by atoms with van der Waals surface area (Å²) in [6.45, 7) is 4.14. The lowest BCUT2D eigenvalue weighted by molar-refractivity contribution is -0.123. The van der Waals surface area contributed by atoms with Crippen LogP contribution in [-0.4, -0.2) is 35.2 Å². The van der Waals surface area contributed by atoms with E-state index in [-0.39, 0.29) is 12.5 Å². The van der Waals surface area contributed by atoms with Crippen molar-refractivity contribution in [3.05, 3.63) is 90.3 Å². The molecule has 1 N–H and O–H groups in total. The second-order valence-electron chi connectivity index (χ2n) is 8.24. The number of hydrogen-bond donors (Lipinski definition) is 1. The highest BCUT2D eigenvalue weighted by molar-refractivity contribution is 5.77. The summed E-state index contributed by atoms with van der Waals surface area (Å²) in [4.78, 5) is 16.9. The monoisotopic (exact) mass is 457 g/mol. The molecule has 0 bridgehead atoms. The first-order valence-electron chi connectivity index (χ1n) is 11.8. The Hall–Kier alpha value is -3.80. The molecule has 6 heteroatoms. The molecule has 0 radical (unpaired) electrons. The fourth-order valence-electron chi connectivity index (χ4n) is 3.87. The molecule has 0 aliphatic heterocycles. The zero-order valence-corrected chi connectivity index (χ0v) is 19.6. The maximum Gasteiger partial charge on any atom is 0.257 e. The summed E-state index contributed by atoms with van der Waals surface area (Å²) in [5.41, 5.74) is 3.32. The molecule has 0 aliphatic carbocycles. The molecular formula is C28H31N3O3. The minimum Gasteiger partial charge on any atom is -0.494 e. The number of fused-ring (bicyclic) bond motifs is 1. The molecule has 1 heterocycles. The third-order valence-electron chi connectivity index (χ3n) is 5.53. The molecule has 0 saturated carbocycles. The summed E-state index contributed by atoms with van der Waals surface area (Å²) in [6.07, 6.45) is 2.47. The number of nitrogens with zero attached hydrogens (tertiary/aromatic N) is 2. The van der Waals surface area contributed by atoms with Gasteiger partial charge >= 0.3 is 0 Å². The fraction of sp³-hybridized carbons (Fsp3) is 0.286. The molecule has 34 heavy (non-hydrogen) atoms. The first-order chi connectivity index (χ1) is 16.7. The SMILES string of the molecule is Cc1cccc(OCCCn2c(CCCNC(=O)COc3ccccc3)nc3ccccc32)c1. The molecule has 176 valence electrons. The summed E-state index contributed by atoms with van der Waals surface area (Å²) in [7, 11) is 0. The molecule has 1 amide bonds. The molecule has 0 atom stereocenters. The average molecular weight is 458 g/mol. The number of imidazole rings is 1. The maximum absolute atomic E-state index is 12.1. The topological polar surface area (TPSA) is 65.4 Å². The van der Waals surface area contributed by atoms with E-state index in [9.17, 15) is 4.79 Å². The van der Waals surface area contributed by atoms with E-state index >= 15 is 0 Å². The van der Waals surface area contributed by atoms with Crippen molar-refractivity contribution in [1.29, 1.82) is 0 Å². The summed E-state index contributed by atoms with van der Waals surface area (Å²) in [6, 6.07) is 25.7. The van der Waals surface area contributed by atoms with Crippen molar-refractivity contribution in [2.75, 3.05) is 19.8 Å². The van der Waals surface area contributed by atoms with E-state index in [2.05, 4.69) is 35.0 Å². The molecular weight excluding hydrogens is 426 g/mol. The van der Waals surface area contributed by atoms with Crippen molar-refractivity contribution >= 4 is 16.9 Å². The number of rotatable bonds is 12. The van der Waals surface area contributed by atoms with Crippen LogP contribution in [0.5, 0.6) is 11.5 Å². The predicted molar refractivity (Wildman–Crippen MR) is 134 cm³/mol. The van der Waals surface area contributed by atoms with Gasteiger partial charge in [-0.15, -0.1) is 0 Å². The van der Waals surface area contributed by atoms with Gasteiger partial charge in [-0.1, -0.05) is 42.5 Å². The molecule has 0 fully saturated rings. The van der Waals surface area contributed by atoms with Crippen LogP contribution in [-0.2, 0) is 17.8 Å². The predicted octanol–water partition coefficient (Wildman–Crippen LogP) is 4.94. The molecule has 4 aromatic rings. The quantitative estimate of drug-likeness (QED) is 0.306. The maximum atomic E-state index is 12.1. The standard InChI is InChI=1S/C28H31N3O3/c1-22-10-7-13-24(20-22)33-19-9-18-31-26-15-6-5-14-25(26)30-27(31)16-8-17-29-28(32)21-34-23-11-3-2-4-12-23/h2-7,10-15,20H,8-9,16-19,21H2,1H3,(H,29,32). The van der Waals surface area contributed by atoms with E-state index in [1.165, 1.54) is 5.56 Å². The Morgan fingerprint density at radius 1 is 0.912 bits per heavy atom. The van der Waals surface area contributed by atoms with Gasteiger partial charge in [-0.2, -0.15) is 0 Å². The number of aryl methyl sites for hydroxylation is 3. The van der Waals surface area contributed by atoms with Crippen molar-refractivity contribution in [2.45, 2.75) is 32.7 Å². The lowest BCUT2D eigenvalue weighted by Crippen LogP contribution is -2.30. The van der Waals surface area contributed by atoms with E-state index in [0.717, 1.165) is 48.4 Å². The number of hydrogen-bond acceptors (Lipinski definition) is 4. The van der Waals surface area contributed by atoms with Crippen molar-refractivity contribution in [3.8, 4) is 11.5 Å². The zero-order valence-electron chi connectivity index (χ0n) is 19.6. The van der Waals surface area contributed by atoms with Crippen molar-refractivity contribution in [2.24, 2.45) is 0 Å². The summed E-state index contributed by atoms with van der Waals surface area (Å²) < 4.78 is 13.7. The number of carbonyl (C=O) groups is 1. The zero-order chi connectivity index (χ0) is 23.6. The third-order valence-corrected chi connectivity index (χ3v) is 5.53. The van der Waals surface area contributed by atoms with Gasteiger partial charge in [-0.05, 0) is 61.7 Å². The fourth-order valence-corrected chi connectivity index (χ4v) is 3.87. The number of aromatic nitrogens is 2. The van der Waals surface area contributed by atoms with Gasteiger partial charge in [0.15, 0.2) is 6.61 Å². The highest BCUT2D eigenvalue weighted by Gasteiger charge is 2.11. The Bertz CT molecular complexity index is 1200. The molecule has 4 rings (SSSR count). The Balaban J connectivity index is 1.26. The summed E-state index contributed by atoms with van der Waals surface area (Å²) >= 11 is 0. The van der Waals surface area contributed by atoms with Gasteiger partial charge in [-0.3, -0.25) is 4.79 Å². The molecule has 0 spiro atoms. The van der Waals surface area contributed by atoms with Crippen molar-refractivity contribution in [3.63, 3.8) is 0 Å². The van der Waals surface area contributed by atoms with Gasteiger partial charge in [0, 0.05) is 19.5 Å². The lowest BCUT2D eigenvalue weighted by atomic mass is 10.2. The van der Waals surface area contributed by atoms with Crippen LogP contribution in [0.4, 0.5) is 0 Å². The van der Waals surface area contributed by atoms with Crippen molar-refractivity contribution in [1.82, 2.24) is 14.9 Å². The minimum absolute atomic E-state index is 0.0173. The lowest BCUT2D eigenvalue weighted by Gasteiger charge is -2.11. The molecule has 1 aromatic heterocycles. The van der Waals surface area contributed by atoms with E-state index in [1.807, 2.05) is 60.7 Å². The second kappa shape index (κ2) is 11.9. The van der Waals surface area contributed by atoms with Crippen LogP contribution in [0.15, 0.2) is 78.9 Å². The molecule has 6 nitrogen and oxygen atoms in total. The van der Waals surface area contributed by atoms with Crippen LogP contribution < -0.4 is 14.8 Å². The smallest absolute Gasteiger partial charge is 0.257 e. The van der Waals surface area contributed by atoms with E-state index < -0.39 is 0 Å². The van der Waals surface area contributed by atoms with Crippen LogP contribution in [0.1, 0.15) is 24.2 Å². The van der Waals surface area contributed by atoms with E-state index in [1.54, 1.807) is 0 Å². The Morgan fingerprint density at radius 3 is 2.56 bits per heavy atom. The molecule has 0 aliphatic rings. The first kappa shape index (κ1) is 23.4. The number of benzene rings is 3. The average Bonchev–Trinajstić information content (AvgIpc) is 3.21. The van der Waals surface area contributed by atoms with E-state index in [4.69, 9.17) is 14.5 Å². The van der Waals surface area contributed by atoms with Gasteiger partial charge in [0.05, 0.1) is 17.6 Å². The number of amides is 1. The van der Waals surface area contributed by atoms with Crippen LogP contribution in [0.2, 0.25) is 0 Å². The highest BCUT2D eigenvalue weighted by Crippen LogP contribution is 2.18. The summed E-state index contributed by atoms with van der Waals surface area (Å²) in [5.74, 6) is 2.51. The van der Waals surface area contributed by atoms with Gasteiger partial charge in [0.2, 0.25) is 0 Å². The number of para-hydroxylation sites is 3. The highest BCUT2D eigenvalue weighted by atomic mass is 16.5. The number of nitrogens with one attached hydrogen (secondary N) is 1. The van der Waals surface area contributed by atoms with Gasteiger partial charge in [0.1, 0.15) is 17.3 Å². The third kappa shape index (κ3) is 6.61. The number of carbonyl (C=O) groups excluding carboxylic acids is 1. The second-order valence-corrected chi connectivity index (χ2v) is 8.24. The summed E-state index contributed by atoms with van der Waals surface area (Å²) in [5, 5.41) is 2.93. The van der Waals surface area contributed by atoms with Crippen LogP contribution >= 0.6 is 0 Å². The normalized spacial score (nSPS) is 10.9. The Kier molecular flexibility index (Phi) is 8.17. The Labute approximate surface area is 200 Å². The van der Waals surface area contributed by atoms with Crippen molar-refractivity contribution < 1.29 is 14.3 Å². The first-order valence-corrected chi connectivity index (χ1v) is 11.8. The Morgan fingerprint density at radius 2 is 1.71 bits per heavy atom. The number of ether oxygens (including phenoxy) is 2. The van der Waals surface area contributed by atoms with Gasteiger partial charge in [0.25, 0.3) is 5.91 Å². The minimum atomic E-state index is -0.120. The van der Waals surface area contributed by atoms with Crippen LogP contribution in [0.25, 0.3) is 11.0 Å². The van der Waals surface area contributed by atoms with Gasteiger partial charge in [-0.25, -0.2) is 4.98 Å². The molecule has 0 saturated heterocycles. The largest absolute Gasteiger partial charge is 0.494 e. The van der Waals surface area contributed by atoms with Crippen LogP contribution in [0, 0.1) is 6.92 Å². The van der Waals surface area contributed by atoms with Gasteiger partial charge < -0.3 is 19.4 Å². The van der Waals surface area contributed by atoms with Crippen LogP contribution in [0.3, 0.4) is 0 Å². The molecule has 3 aromatic carbocycles. The molecule has 0 unspecified atom stereocenters. The van der Waals surface area contributed by atoms with E-state index in [0.29, 0.717) is 18.9 Å².